The van der Waals surface area contributed by atoms with Crippen LogP contribution in [-0.2, 0) is 11.2 Å². The number of carbonyl (C=O) groups is 1. The van der Waals surface area contributed by atoms with Gasteiger partial charge in [-0.05, 0) is 12.1 Å². The van der Waals surface area contributed by atoms with Crippen molar-refractivity contribution >= 4 is 28.7 Å². The molecule has 0 spiro atoms. The van der Waals surface area contributed by atoms with Crippen molar-refractivity contribution < 1.29 is 4.79 Å². The quantitative estimate of drug-likeness (QED) is 0.922. The van der Waals surface area contributed by atoms with Crippen LogP contribution in [0, 0.1) is 0 Å². The lowest BCUT2D eigenvalue weighted by Gasteiger charge is -2.11. The van der Waals surface area contributed by atoms with Gasteiger partial charge in [0.05, 0.1) is 29.0 Å². The van der Waals surface area contributed by atoms with E-state index < -0.39 is 0 Å². The minimum absolute atomic E-state index is 0.0741. The first kappa shape index (κ1) is 15.4. The topological polar surface area (TPSA) is 58.1 Å². The number of aromatic nitrogens is 2. The zero-order chi connectivity index (χ0) is 15.4. The Hall–Kier alpha value is -1.95. The molecule has 6 heteroatoms. The summed E-state index contributed by atoms with van der Waals surface area (Å²) in [6.07, 6.45) is 1.95. The van der Waals surface area contributed by atoms with Crippen LogP contribution in [0.4, 0.5) is 11.5 Å². The number of anilines is 2. The highest BCUT2D eigenvalue weighted by atomic mass is 32.1. The molecule has 0 fully saturated rings. The molecule has 2 heterocycles. The largest absolute Gasteiger partial charge is 0.363 e. The fourth-order valence-corrected chi connectivity index (χ4v) is 2.60. The molecule has 0 unspecified atom stereocenters. The molecule has 0 saturated heterocycles. The molecule has 112 valence electrons. The van der Waals surface area contributed by atoms with Crippen LogP contribution in [0.25, 0.3) is 0 Å². The molecule has 2 rings (SSSR count). The van der Waals surface area contributed by atoms with E-state index in [4.69, 9.17) is 0 Å². The third-order valence-electron chi connectivity index (χ3n) is 2.89. The maximum absolute atomic E-state index is 12.0. The summed E-state index contributed by atoms with van der Waals surface area (Å²) in [5, 5.41) is 5.85. The van der Waals surface area contributed by atoms with E-state index in [1.807, 2.05) is 36.5 Å². The summed E-state index contributed by atoms with van der Waals surface area (Å²) in [6, 6.07) is 3.72. The Morgan fingerprint density at radius 1 is 1.38 bits per heavy atom. The van der Waals surface area contributed by atoms with Crippen LogP contribution < -0.4 is 10.2 Å². The van der Waals surface area contributed by atoms with Crippen molar-refractivity contribution in [3.8, 4) is 0 Å². The number of hydrogen-bond acceptors (Lipinski definition) is 5. The lowest BCUT2D eigenvalue weighted by atomic mass is 10.2. The molecule has 0 saturated carbocycles. The van der Waals surface area contributed by atoms with Gasteiger partial charge in [-0.15, -0.1) is 11.3 Å². The van der Waals surface area contributed by atoms with Crippen molar-refractivity contribution in [2.75, 3.05) is 24.3 Å². The fraction of sp³-hybridized carbons (Fsp3) is 0.400. The zero-order valence-electron chi connectivity index (χ0n) is 12.8. The summed E-state index contributed by atoms with van der Waals surface area (Å²) < 4.78 is 0. The number of nitrogens with one attached hydrogen (secondary N) is 1. The molecule has 2 aromatic rings. The smallest absolute Gasteiger partial charge is 0.230 e. The summed E-state index contributed by atoms with van der Waals surface area (Å²) in [7, 11) is 3.85. The Labute approximate surface area is 129 Å². The first-order valence-corrected chi connectivity index (χ1v) is 7.71. The van der Waals surface area contributed by atoms with Gasteiger partial charge in [0, 0.05) is 25.4 Å². The molecule has 0 radical (unpaired) electrons. The summed E-state index contributed by atoms with van der Waals surface area (Å²) in [5.74, 6) is 1.18. The van der Waals surface area contributed by atoms with E-state index in [2.05, 4.69) is 29.1 Å². The van der Waals surface area contributed by atoms with Crippen molar-refractivity contribution in [1.82, 2.24) is 9.97 Å². The lowest BCUT2D eigenvalue weighted by molar-refractivity contribution is -0.115. The third kappa shape index (κ3) is 4.26. The van der Waals surface area contributed by atoms with Gasteiger partial charge in [0.15, 0.2) is 0 Å². The highest BCUT2D eigenvalue weighted by Crippen LogP contribution is 2.19. The van der Waals surface area contributed by atoms with Crippen LogP contribution in [0.5, 0.6) is 0 Å². The molecule has 5 nitrogen and oxygen atoms in total. The minimum Gasteiger partial charge on any atom is -0.363 e. The highest BCUT2D eigenvalue weighted by molar-refractivity contribution is 7.09. The van der Waals surface area contributed by atoms with Gasteiger partial charge in [-0.1, -0.05) is 13.8 Å². The summed E-state index contributed by atoms with van der Waals surface area (Å²) in [5.41, 5.74) is 1.52. The molecule has 0 aliphatic rings. The Morgan fingerprint density at radius 3 is 2.67 bits per heavy atom. The van der Waals surface area contributed by atoms with E-state index in [1.165, 1.54) is 0 Å². The normalized spacial score (nSPS) is 10.7. The number of pyridine rings is 1. The van der Waals surface area contributed by atoms with Gasteiger partial charge in [-0.2, -0.15) is 0 Å². The van der Waals surface area contributed by atoms with Crippen LogP contribution in [0.2, 0.25) is 0 Å². The molecule has 0 bridgehead atoms. The van der Waals surface area contributed by atoms with Gasteiger partial charge in [-0.3, -0.25) is 4.79 Å². The summed E-state index contributed by atoms with van der Waals surface area (Å²) in [6.45, 7) is 4.20. The second kappa shape index (κ2) is 6.67. The number of hydrogen-bond donors (Lipinski definition) is 1. The Morgan fingerprint density at radius 2 is 2.14 bits per heavy atom. The third-order valence-corrected chi connectivity index (χ3v) is 4.09. The van der Waals surface area contributed by atoms with E-state index in [0.29, 0.717) is 18.0 Å². The van der Waals surface area contributed by atoms with Crippen molar-refractivity contribution in [1.29, 1.82) is 0 Å². The molecular formula is C15H20N4OS. The average Bonchev–Trinajstić information content (AvgIpc) is 2.87. The number of rotatable bonds is 5. The number of carbonyl (C=O) groups excluding carboxylic acids is 1. The minimum atomic E-state index is -0.0741. The Balaban J connectivity index is 1.94. The number of thiazole rings is 1. The van der Waals surface area contributed by atoms with Crippen LogP contribution >= 0.6 is 11.3 Å². The molecular weight excluding hydrogens is 284 g/mol. The average molecular weight is 304 g/mol. The first-order valence-electron chi connectivity index (χ1n) is 6.83. The van der Waals surface area contributed by atoms with Gasteiger partial charge in [-0.25, -0.2) is 9.97 Å². The van der Waals surface area contributed by atoms with E-state index in [1.54, 1.807) is 17.5 Å². The van der Waals surface area contributed by atoms with Gasteiger partial charge in [0.1, 0.15) is 5.82 Å². The van der Waals surface area contributed by atoms with E-state index in [9.17, 15) is 4.79 Å². The zero-order valence-corrected chi connectivity index (χ0v) is 13.6. The predicted octanol–water partition coefficient (Wildman–Crippen LogP) is 2.91. The maximum atomic E-state index is 12.0. The van der Waals surface area contributed by atoms with Crippen molar-refractivity contribution in [2.24, 2.45) is 0 Å². The SMILES string of the molecule is CC(C)c1nc(CC(=O)Nc2ccc(N(C)C)nc2)cs1. The van der Waals surface area contributed by atoms with Crippen LogP contribution in [0.1, 0.15) is 30.5 Å². The number of nitrogens with zero attached hydrogens (tertiary/aromatic N) is 3. The van der Waals surface area contributed by atoms with Crippen molar-refractivity contribution in [3.63, 3.8) is 0 Å². The predicted molar refractivity (Wildman–Crippen MR) is 87.1 cm³/mol. The molecule has 0 aromatic carbocycles. The lowest BCUT2D eigenvalue weighted by Crippen LogP contribution is -2.15. The van der Waals surface area contributed by atoms with Gasteiger partial charge >= 0.3 is 0 Å². The van der Waals surface area contributed by atoms with Crippen LogP contribution in [0.15, 0.2) is 23.7 Å². The molecule has 0 atom stereocenters. The van der Waals surface area contributed by atoms with E-state index >= 15 is 0 Å². The second-order valence-corrected chi connectivity index (χ2v) is 6.25. The van der Waals surface area contributed by atoms with E-state index in [-0.39, 0.29) is 5.91 Å². The number of amides is 1. The van der Waals surface area contributed by atoms with Crippen LogP contribution in [0.3, 0.4) is 0 Å². The Kier molecular flexibility index (Phi) is 4.90. The summed E-state index contributed by atoms with van der Waals surface area (Å²) >= 11 is 1.60. The Bertz CT molecular complexity index is 604. The molecule has 21 heavy (non-hydrogen) atoms. The standard InChI is InChI=1S/C15H20N4OS/c1-10(2)15-18-12(9-21-15)7-14(20)17-11-5-6-13(16-8-11)19(3)4/h5-6,8-10H,7H2,1-4H3,(H,17,20). The van der Waals surface area contributed by atoms with Gasteiger partial charge in [0.25, 0.3) is 0 Å². The van der Waals surface area contributed by atoms with Gasteiger partial charge < -0.3 is 10.2 Å². The second-order valence-electron chi connectivity index (χ2n) is 5.36. The summed E-state index contributed by atoms with van der Waals surface area (Å²) in [4.78, 5) is 22.6. The molecule has 0 aliphatic heterocycles. The highest BCUT2D eigenvalue weighted by Gasteiger charge is 2.10. The molecule has 0 aliphatic carbocycles. The molecule has 1 N–H and O–H groups in total. The molecule has 2 aromatic heterocycles. The fourth-order valence-electron chi connectivity index (χ4n) is 1.76. The monoisotopic (exact) mass is 304 g/mol. The van der Waals surface area contributed by atoms with E-state index in [0.717, 1.165) is 16.5 Å². The first-order chi connectivity index (χ1) is 9.95. The van der Waals surface area contributed by atoms with Crippen molar-refractivity contribution in [3.05, 3.63) is 34.4 Å². The maximum Gasteiger partial charge on any atom is 0.230 e. The van der Waals surface area contributed by atoms with Crippen LogP contribution in [-0.4, -0.2) is 30.0 Å². The van der Waals surface area contributed by atoms with Crippen molar-refractivity contribution in [2.45, 2.75) is 26.2 Å². The molecule has 1 amide bonds. The van der Waals surface area contributed by atoms with Gasteiger partial charge in [0.2, 0.25) is 5.91 Å².